The van der Waals surface area contributed by atoms with E-state index in [-0.39, 0.29) is 11.8 Å². The molecular weight excluding hydrogens is 398 g/mol. The predicted molar refractivity (Wildman–Crippen MR) is 121 cm³/mol. The van der Waals surface area contributed by atoms with Crippen molar-refractivity contribution < 1.29 is 9.59 Å². The first-order valence-corrected chi connectivity index (χ1v) is 10.9. The molecule has 0 bridgehead atoms. The number of nitrogens with zero attached hydrogens (tertiary/aromatic N) is 3. The van der Waals surface area contributed by atoms with E-state index in [1.807, 2.05) is 25.1 Å². The second-order valence-electron chi connectivity index (χ2n) is 7.87. The molecule has 0 saturated carbocycles. The van der Waals surface area contributed by atoms with E-state index in [2.05, 4.69) is 16.8 Å². The number of hydrogen-bond acceptors (Lipinski definition) is 4. The van der Waals surface area contributed by atoms with Crippen molar-refractivity contribution in [1.29, 1.82) is 0 Å². The highest BCUT2D eigenvalue weighted by Gasteiger charge is 2.39. The molecule has 1 unspecified atom stereocenters. The van der Waals surface area contributed by atoms with Crippen molar-refractivity contribution in [2.45, 2.75) is 38.6 Å². The maximum absolute atomic E-state index is 13.5. The number of aliphatic imine (C=N–C) groups is 1. The van der Waals surface area contributed by atoms with Gasteiger partial charge in [0.15, 0.2) is 0 Å². The van der Waals surface area contributed by atoms with Gasteiger partial charge >= 0.3 is 0 Å². The molecule has 2 aliphatic heterocycles. The van der Waals surface area contributed by atoms with E-state index in [9.17, 15) is 9.59 Å². The smallest absolute Gasteiger partial charge is 0.265 e. The molecule has 2 aromatic rings. The summed E-state index contributed by atoms with van der Waals surface area (Å²) in [7, 11) is 0. The van der Waals surface area contributed by atoms with Crippen LogP contribution >= 0.6 is 11.6 Å². The summed E-state index contributed by atoms with van der Waals surface area (Å²) in [4.78, 5) is 35.0. The van der Waals surface area contributed by atoms with Gasteiger partial charge in [-0.25, -0.2) is 4.90 Å². The molecule has 4 rings (SSSR count). The fourth-order valence-corrected chi connectivity index (χ4v) is 4.64. The Morgan fingerprint density at radius 2 is 1.97 bits per heavy atom. The summed E-state index contributed by atoms with van der Waals surface area (Å²) >= 11 is 6.27. The number of hydrogen-bond donors (Lipinski definition) is 0. The third kappa shape index (κ3) is 3.68. The minimum Gasteiger partial charge on any atom is -0.299 e. The molecular formula is C24H26ClN3O2. The Morgan fingerprint density at radius 1 is 1.17 bits per heavy atom. The number of carbonyl (C=O) groups is 2. The topological polar surface area (TPSA) is 53.0 Å². The van der Waals surface area contributed by atoms with Gasteiger partial charge in [0.05, 0.1) is 18.2 Å². The molecule has 1 saturated heterocycles. The summed E-state index contributed by atoms with van der Waals surface area (Å²) in [5, 5.41) is 0.526. The lowest BCUT2D eigenvalue weighted by atomic mass is 9.88. The number of amides is 2. The van der Waals surface area contributed by atoms with E-state index < -0.39 is 5.92 Å². The van der Waals surface area contributed by atoms with Crippen LogP contribution in [0.5, 0.6) is 0 Å². The largest absolute Gasteiger partial charge is 0.299 e. The van der Waals surface area contributed by atoms with Crippen LogP contribution in [0.15, 0.2) is 47.5 Å². The van der Waals surface area contributed by atoms with Crippen molar-refractivity contribution in [3.05, 3.63) is 64.2 Å². The average Bonchev–Trinajstić information content (AvgIpc) is 3.21. The van der Waals surface area contributed by atoms with Crippen LogP contribution in [-0.2, 0) is 4.79 Å². The van der Waals surface area contributed by atoms with Gasteiger partial charge in [-0.1, -0.05) is 42.8 Å². The van der Waals surface area contributed by atoms with E-state index in [1.54, 1.807) is 30.5 Å². The second kappa shape index (κ2) is 8.70. The van der Waals surface area contributed by atoms with Crippen LogP contribution in [0.4, 0.5) is 5.69 Å². The summed E-state index contributed by atoms with van der Waals surface area (Å²) < 4.78 is 0. The van der Waals surface area contributed by atoms with E-state index in [0.29, 0.717) is 40.0 Å². The molecule has 2 atom stereocenters. The molecule has 2 aromatic carbocycles. The van der Waals surface area contributed by atoms with Crippen LogP contribution in [-0.4, -0.2) is 48.6 Å². The van der Waals surface area contributed by atoms with E-state index in [0.717, 1.165) is 19.5 Å². The lowest BCUT2D eigenvalue weighted by Crippen LogP contribution is -2.46. The molecule has 2 amide bonds. The lowest BCUT2D eigenvalue weighted by molar-refractivity contribution is -0.118. The molecule has 156 valence electrons. The number of likely N-dealkylation sites (N-methyl/N-ethyl adjacent to an activating group) is 1. The minimum atomic E-state index is -0.589. The Bertz CT molecular complexity index is 1000. The van der Waals surface area contributed by atoms with Gasteiger partial charge in [0.2, 0.25) is 5.91 Å². The monoisotopic (exact) mass is 423 g/mol. The van der Waals surface area contributed by atoms with Crippen molar-refractivity contribution in [3.8, 4) is 0 Å². The standard InChI is InChI=1S/C24H26ClN3O2/c1-3-27-13-7-8-17(27)14-26-15-20-18-9-4-5-10-19(18)23(29)28(24(20)30)22-12-6-11-21(25)16(22)2/h4-6,9-12,15,17,20H,3,7-8,13-14H2,1-2H3/t17-,20?/m1/s1. The molecule has 2 heterocycles. The van der Waals surface area contributed by atoms with Crippen LogP contribution in [0.25, 0.3) is 0 Å². The number of carbonyl (C=O) groups excluding carboxylic acids is 2. The summed E-state index contributed by atoms with van der Waals surface area (Å²) in [5.74, 6) is -1.20. The van der Waals surface area contributed by atoms with Gasteiger partial charge in [-0.05, 0) is 62.2 Å². The second-order valence-corrected chi connectivity index (χ2v) is 8.27. The van der Waals surface area contributed by atoms with Gasteiger partial charge < -0.3 is 0 Å². The molecule has 1 fully saturated rings. The highest BCUT2D eigenvalue weighted by atomic mass is 35.5. The van der Waals surface area contributed by atoms with Crippen LogP contribution in [0.1, 0.15) is 47.2 Å². The zero-order valence-corrected chi connectivity index (χ0v) is 18.1. The number of likely N-dealkylation sites (tertiary alicyclic amines) is 1. The molecule has 0 aliphatic carbocycles. The lowest BCUT2D eigenvalue weighted by Gasteiger charge is -2.32. The van der Waals surface area contributed by atoms with Crippen LogP contribution in [0, 0.1) is 6.92 Å². The van der Waals surface area contributed by atoms with Gasteiger partial charge in [0, 0.05) is 22.8 Å². The Morgan fingerprint density at radius 3 is 2.77 bits per heavy atom. The van der Waals surface area contributed by atoms with Crippen LogP contribution < -0.4 is 4.90 Å². The van der Waals surface area contributed by atoms with Gasteiger partial charge in [-0.15, -0.1) is 0 Å². The van der Waals surface area contributed by atoms with Gasteiger partial charge in [-0.2, -0.15) is 0 Å². The highest BCUT2D eigenvalue weighted by molar-refractivity contribution is 6.33. The maximum atomic E-state index is 13.5. The number of imide groups is 1. The fourth-order valence-electron chi connectivity index (χ4n) is 4.47. The van der Waals surface area contributed by atoms with Crippen molar-refractivity contribution in [2.75, 3.05) is 24.5 Å². The zero-order chi connectivity index (χ0) is 21.3. The summed E-state index contributed by atoms with van der Waals surface area (Å²) in [6.45, 7) is 6.78. The quantitative estimate of drug-likeness (QED) is 0.526. The Hall–Kier alpha value is -2.50. The summed E-state index contributed by atoms with van der Waals surface area (Å²) in [6.07, 6.45) is 4.05. The first kappa shape index (κ1) is 20.8. The van der Waals surface area contributed by atoms with Gasteiger partial charge in [0.25, 0.3) is 5.91 Å². The minimum absolute atomic E-state index is 0.286. The molecule has 2 aliphatic rings. The summed E-state index contributed by atoms with van der Waals surface area (Å²) in [5.41, 5.74) is 2.48. The van der Waals surface area contributed by atoms with Crippen molar-refractivity contribution in [2.24, 2.45) is 4.99 Å². The normalized spacial score (nSPS) is 22.2. The fraction of sp³-hybridized carbons (Fsp3) is 0.375. The third-order valence-corrected chi connectivity index (χ3v) is 6.58. The zero-order valence-electron chi connectivity index (χ0n) is 17.3. The molecule has 5 nitrogen and oxygen atoms in total. The Kier molecular flexibility index (Phi) is 6.02. The number of anilines is 1. The SMILES string of the molecule is CCN1CCC[C@@H]1CN=CC1C(=O)N(c2cccc(Cl)c2C)C(=O)c2ccccc21. The van der Waals surface area contributed by atoms with Crippen LogP contribution in [0.2, 0.25) is 5.02 Å². The average molecular weight is 424 g/mol. The number of benzene rings is 2. The molecule has 0 aromatic heterocycles. The Labute approximate surface area is 182 Å². The van der Waals surface area contributed by atoms with E-state index in [1.165, 1.54) is 11.3 Å². The summed E-state index contributed by atoms with van der Waals surface area (Å²) in [6, 6.07) is 13.0. The van der Waals surface area contributed by atoms with Gasteiger partial charge in [-0.3, -0.25) is 19.5 Å². The first-order valence-electron chi connectivity index (χ1n) is 10.5. The third-order valence-electron chi connectivity index (χ3n) is 6.17. The molecule has 6 heteroatoms. The molecule has 0 N–H and O–H groups in total. The Balaban J connectivity index is 1.68. The predicted octanol–water partition coefficient (Wildman–Crippen LogP) is 4.47. The maximum Gasteiger partial charge on any atom is 0.265 e. The van der Waals surface area contributed by atoms with Crippen LogP contribution in [0.3, 0.4) is 0 Å². The number of halogens is 1. The van der Waals surface area contributed by atoms with Crippen molar-refractivity contribution in [3.63, 3.8) is 0 Å². The molecule has 30 heavy (non-hydrogen) atoms. The van der Waals surface area contributed by atoms with Crippen molar-refractivity contribution in [1.82, 2.24) is 4.90 Å². The molecule has 0 radical (unpaired) electrons. The van der Waals surface area contributed by atoms with E-state index in [4.69, 9.17) is 11.6 Å². The van der Waals surface area contributed by atoms with Gasteiger partial charge in [0.1, 0.15) is 0 Å². The number of fused-ring (bicyclic) bond motifs is 1. The number of rotatable bonds is 5. The first-order chi connectivity index (χ1) is 14.5. The highest BCUT2D eigenvalue weighted by Crippen LogP contribution is 2.35. The van der Waals surface area contributed by atoms with Crippen molar-refractivity contribution >= 4 is 35.3 Å². The molecule has 0 spiro atoms. The van der Waals surface area contributed by atoms with E-state index >= 15 is 0 Å².